The number of rotatable bonds is 2. The van der Waals surface area contributed by atoms with Crippen molar-refractivity contribution in [2.45, 2.75) is 25.8 Å². The Hall–Kier alpha value is -2.15. The minimum Gasteiger partial charge on any atom is -0.354 e. The molecular weight excluding hydrogens is 305 g/mol. The molecule has 2 N–H and O–H groups in total. The number of aromatic nitrogens is 2. The van der Waals surface area contributed by atoms with Gasteiger partial charge in [0, 0.05) is 30.3 Å². The first-order valence-electron chi connectivity index (χ1n) is 7.46. The fraction of sp³-hybridized carbons (Fsp3) is 0.375. The number of hydrogen-bond donors (Lipinski definition) is 1. The zero-order valence-electron chi connectivity index (χ0n) is 12.7. The van der Waals surface area contributed by atoms with E-state index >= 15 is 0 Å². The number of nitrogens with two attached hydrogens (primary N) is 1. The third-order valence-corrected chi connectivity index (χ3v) is 4.10. The standard InChI is InChI=1S/C16H17F3N4/c1-9-12(17)7-11(16(19)15(9)18)13-4-5-14(22-21-13)23-6-2-3-10(20)8-23/h4-5,7,10H,2-3,6,8,20H2,1H3. The fourth-order valence-electron chi connectivity index (χ4n) is 2.73. The molecule has 2 aromatic rings. The van der Waals surface area contributed by atoms with Crippen molar-refractivity contribution in [3.8, 4) is 11.3 Å². The van der Waals surface area contributed by atoms with Gasteiger partial charge in [0.25, 0.3) is 0 Å². The topological polar surface area (TPSA) is 55.0 Å². The number of halogens is 3. The van der Waals surface area contributed by atoms with E-state index in [1.54, 1.807) is 6.07 Å². The van der Waals surface area contributed by atoms with Crippen molar-refractivity contribution in [1.29, 1.82) is 0 Å². The van der Waals surface area contributed by atoms with Gasteiger partial charge in [0.15, 0.2) is 17.5 Å². The summed E-state index contributed by atoms with van der Waals surface area (Å²) < 4.78 is 41.3. The van der Waals surface area contributed by atoms with Gasteiger partial charge in [-0.25, -0.2) is 13.2 Å². The Kier molecular flexibility index (Phi) is 4.21. The van der Waals surface area contributed by atoms with Crippen molar-refractivity contribution in [2.75, 3.05) is 18.0 Å². The average Bonchev–Trinajstić information content (AvgIpc) is 2.56. The number of nitrogens with zero attached hydrogens (tertiary/aromatic N) is 3. The van der Waals surface area contributed by atoms with Crippen molar-refractivity contribution in [2.24, 2.45) is 5.73 Å². The van der Waals surface area contributed by atoms with Crippen LogP contribution in [0.25, 0.3) is 11.3 Å². The predicted octanol–water partition coefficient (Wildman–Crippen LogP) is 2.80. The number of piperidine rings is 1. The second-order valence-electron chi connectivity index (χ2n) is 5.78. The van der Waals surface area contributed by atoms with Crippen LogP contribution in [0.2, 0.25) is 0 Å². The van der Waals surface area contributed by atoms with Gasteiger partial charge in [-0.1, -0.05) is 0 Å². The lowest BCUT2D eigenvalue weighted by Crippen LogP contribution is -2.43. The van der Waals surface area contributed by atoms with Gasteiger partial charge in [-0.3, -0.25) is 0 Å². The molecule has 23 heavy (non-hydrogen) atoms. The first kappa shape index (κ1) is 15.7. The highest BCUT2D eigenvalue weighted by Crippen LogP contribution is 2.27. The van der Waals surface area contributed by atoms with Crippen LogP contribution in [0.5, 0.6) is 0 Å². The molecule has 1 aromatic heterocycles. The lowest BCUT2D eigenvalue weighted by Gasteiger charge is -2.31. The molecule has 7 heteroatoms. The molecule has 2 heterocycles. The maximum absolute atomic E-state index is 14.0. The Morgan fingerprint density at radius 3 is 2.61 bits per heavy atom. The molecule has 4 nitrogen and oxygen atoms in total. The van der Waals surface area contributed by atoms with Crippen LogP contribution < -0.4 is 10.6 Å². The highest BCUT2D eigenvalue weighted by molar-refractivity contribution is 5.61. The fourth-order valence-corrected chi connectivity index (χ4v) is 2.73. The largest absolute Gasteiger partial charge is 0.354 e. The summed E-state index contributed by atoms with van der Waals surface area (Å²) in [6.07, 6.45) is 1.93. The van der Waals surface area contributed by atoms with Crippen molar-refractivity contribution in [3.05, 3.63) is 41.2 Å². The summed E-state index contributed by atoms with van der Waals surface area (Å²) in [5.41, 5.74) is 5.43. The summed E-state index contributed by atoms with van der Waals surface area (Å²) in [7, 11) is 0. The Labute approximate surface area is 132 Å². The quantitative estimate of drug-likeness (QED) is 0.864. The molecule has 1 atom stereocenters. The molecule has 0 spiro atoms. The average molecular weight is 322 g/mol. The van der Waals surface area contributed by atoms with E-state index in [-0.39, 0.29) is 22.9 Å². The Morgan fingerprint density at radius 1 is 1.17 bits per heavy atom. The number of benzene rings is 1. The summed E-state index contributed by atoms with van der Waals surface area (Å²) in [6.45, 7) is 2.69. The van der Waals surface area contributed by atoms with Gasteiger partial charge in [-0.05, 0) is 38.0 Å². The SMILES string of the molecule is Cc1c(F)cc(-c2ccc(N3CCCC(N)C3)nn2)c(F)c1F. The normalized spacial score (nSPS) is 18.3. The summed E-state index contributed by atoms with van der Waals surface area (Å²) in [4.78, 5) is 2.00. The monoisotopic (exact) mass is 322 g/mol. The van der Waals surface area contributed by atoms with E-state index < -0.39 is 17.5 Å². The van der Waals surface area contributed by atoms with Crippen molar-refractivity contribution >= 4 is 5.82 Å². The molecule has 1 unspecified atom stereocenters. The van der Waals surface area contributed by atoms with Crippen LogP contribution in [0.4, 0.5) is 19.0 Å². The van der Waals surface area contributed by atoms with E-state index in [0.29, 0.717) is 12.4 Å². The molecule has 0 amide bonds. The molecule has 1 aliphatic rings. The van der Waals surface area contributed by atoms with Gasteiger partial charge in [0.05, 0.1) is 5.69 Å². The Morgan fingerprint density at radius 2 is 1.96 bits per heavy atom. The van der Waals surface area contributed by atoms with Crippen LogP contribution in [0.1, 0.15) is 18.4 Å². The smallest absolute Gasteiger partial charge is 0.168 e. The molecule has 3 rings (SSSR count). The summed E-state index contributed by atoms with van der Waals surface area (Å²) >= 11 is 0. The van der Waals surface area contributed by atoms with E-state index in [2.05, 4.69) is 10.2 Å². The number of hydrogen-bond acceptors (Lipinski definition) is 4. The van der Waals surface area contributed by atoms with Gasteiger partial charge in [-0.15, -0.1) is 10.2 Å². The van der Waals surface area contributed by atoms with E-state index in [1.807, 2.05) is 4.90 Å². The maximum atomic E-state index is 14.0. The Bertz CT molecular complexity index is 718. The van der Waals surface area contributed by atoms with Gasteiger partial charge in [0.2, 0.25) is 0 Å². The third kappa shape index (κ3) is 3.01. The molecule has 1 aromatic carbocycles. The van der Waals surface area contributed by atoms with Crippen LogP contribution in [-0.2, 0) is 0 Å². The van der Waals surface area contributed by atoms with Crippen LogP contribution in [0.15, 0.2) is 18.2 Å². The van der Waals surface area contributed by atoms with E-state index in [0.717, 1.165) is 25.5 Å². The van der Waals surface area contributed by atoms with Crippen LogP contribution in [0, 0.1) is 24.4 Å². The van der Waals surface area contributed by atoms with E-state index in [4.69, 9.17) is 5.73 Å². The molecule has 0 saturated carbocycles. The van der Waals surface area contributed by atoms with Crippen LogP contribution in [-0.4, -0.2) is 29.3 Å². The zero-order chi connectivity index (χ0) is 16.6. The molecule has 0 bridgehead atoms. The van der Waals surface area contributed by atoms with E-state index in [1.165, 1.54) is 13.0 Å². The van der Waals surface area contributed by atoms with Crippen molar-refractivity contribution in [3.63, 3.8) is 0 Å². The zero-order valence-corrected chi connectivity index (χ0v) is 12.7. The molecule has 122 valence electrons. The molecular formula is C16H17F3N4. The van der Waals surface area contributed by atoms with Gasteiger partial charge in [-0.2, -0.15) is 0 Å². The van der Waals surface area contributed by atoms with Gasteiger partial charge >= 0.3 is 0 Å². The minimum atomic E-state index is -1.20. The molecule has 0 radical (unpaired) electrons. The second-order valence-corrected chi connectivity index (χ2v) is 5.78. The molecule has 0 aliphatic carbocycles. The first-order valence-corrected chi connectivity index (χ1v) is 7.46. The van der Waals surface area contributed by atoms with Crippen LogP contribution >= 0.6 is 0 Å². The molecule has 1 aliphatic heterocycles. The summed E-state index contributed by atoms with van der Waals surface area (Å²) in [6, 6.07) is 4.20. The lowest BCUT2D eigenvalue weighted by molar-refractivity contribution is 0.488. The van der Waals surface area contributed by atoms with Gasteiger partial charge < -0.3 is 10.6 Å². The highest BCUT2D eigenvalue weighted by Gasteiger charge is 2.20. The van der Waals surface area contributed by atoms with Crippen molar-refractivity contribution < 1.29 is 13.2 Å². The predicted molar refractivity (Wildman–Crippen MR) is 81.5 cm³/mol. The third-order valence-electron chi connectivity index (χ3n) is 4.10. The first-order chi connectivity index (χ1) is 11.0. The lowest BCUT2D eigenvalue weighted by atomic mass is 10.1. The molecule has 1 saturated heterocycles. The maximum Gasteiger partial charge on any atom is 0.168 e. The van der Waals surface area contributed by atoms with Crippen LogP contribution in [0.3, 0.4) is 0 Å². The summed E-state index contributed by atoms with van der Waals surface area (Å²) in [5, 5.41) is 7.96. The number of anilines is 1. The minimum absolute atomic E-state index is 0.0861. The van der Waals surface area contributed by atoms with Crippen molar-refractivity contribution in [1.82, 2.24) is 10.2 Å². The van der Waals surface area contributed by atoms with E-state index in [9.17, 15) is 13.2 Å². The summed E-state index contributed by atoms with van der Waals surface area (Å²) in [5.74, 6) is -2.51. The Balaban J connectivity index is 1.91. The second kappa shape index (κ2) is 6.16. The highest BCUT2D eigenvalue weighted by atomic mass is 19.2. The molecule has 1 fully saturated rings. The van der Waals surface area contributed by atoms with Gasteiger partial charge in [0.1, 0.15) is 5.82 Å².